The minimum absolute atomic E-state index is 0.152. The summed E-state index contributed by atoms with van der Waals surface area (Å²) in [6.07, 6.45) is 3.96. The molecule has 0 saturated heterocycles. The quantitative estimate of drug-likeness (QED) is 0.347. The molecule has 1 aliphatic heterocycles. The number of carbonyl (C=O) groups is 3. The van der Waals surface area contributed by atoms with E-state index in [1.165, 1.54) is 7.11 Å². The molecule has 0 bridgehead atoms. The van der Waals surface area contributed by atoms with Crippen molar-refractivity contribution in [2.45, 2.75) is 31.8 Å². The standard InChI is InChI=1S/C25H24N2O4/c1-5-25(2,3)26-15-16(17-10-8-9-13-20(17)26)14-21(24(30)31-4)27-22(28)18-11-6-7-12-19(18)23(27)29/h5-13,15,21H,1,14H2,2-4H3. The zero-order valence-electron chi connectivity index (χ0n) is 17.8. The maximum atomic E-state index is 13.0. The second-order valence-corrected chi connectivity index (χ2v) is 8.17. The predicted molar refractivity (Wildman–Crippen MR) is 118 cm³/mol. The topological polar surface area (TPSA) is 68.6 Å². The van der Waals surface area contributed by atoms with Gasteiger partial charge in [-0.1, -0.05) is 36.4 Å². The van der Waals surface area contributed by atoms with Crippen LogP contribution in [0.1, 0.15) is 40.1 Å². The molecule has 1 unspecified atom stereocenters. The van der Waals surface area contributed by atoms with Crippen LogP contribution in [0, 0.1) is 0 Å². The van der Waals surface area contributed by atoms with Crippen molar-refractivity contribution in [2.75, 3.05) is 7.11 Å². The van der Waals surface area contributed by atoms with Gasteiger partial charge in [0.2, 0.25) is 0 Å². The van der Waals surface area contributed by atoms with E-state index in [4.69, 9.17) is 4.74 Å². The molecule has 158 valence electrons. The summed E-state index contributed by atoms with van der Waals surface area (Å²) in [4.78, 5) is 39.8. The van der Waals surface area contributed by atoms with Gasteiger partial charge in [-0.2, -0.15) is 0 Å². The Morgan fingerprint density at radius 2 is 1.65 bits per heavy atom. The Labute approximate surface area is 180 Å². The van der Waals surface area contributed by atoms with Crippen molar-refractivity contribution in [3.8, 4) is 0 Å². The van der Waals surface area contributed by atoms with Crippen molar-refractivity contribution in [3.05, 3.63) is 84.1 Å². The highest BCUT2D eigenvalue weighted by Crippen LogP contribution is 2.32. The van der Waals surface area contributed by atoms with Crippen LogP contribution >= 0.6 is 0 Å². The summed E-state index contributed by atoms with van der Waals surface area (Å²) in [7, 11) is 1.26. The van der Waals surface area contributed by atoms with Gasteiger partial charge < -0.3 is 9.30 Å². The first kappa shape index (κ1) is 20.6. The number of amides is 2. The molecule has 1 atom stereocenters. The summed E-state index contributed by atoms with van der Waals surface area (Å²) in [6.45, 7) is 8.02. The van der Waals surface area contributed by atoms with E-state index >= 15 is 0 Å². The maximum absolute atomic E-state index is 13.0. The van der Waals surface area contributed by atoms with Gasteiger partial charge in [-0.25, -0.2) is 4.79 Å². The molecular weight excluding hydrogens is 392 g/mol. The molecule has 0 aliphatic carbocycles. The van der Waals surface area contributed by atoms with Gasteiger partial charge in [0.25, 0.3) is 11.8 Å². The van der Waals surface area contributed by atoms with Gasteiger partial charge in [0, 0.05) is 23.5 Å². The fraction of sp³-hybridized carbons (Fsp3) is 0.240. The number of allylic oxidation sites excluding steroid dienone is 1. The molecule has 3 aromatic rings. The Morgan fingerprint density at radius 1 is 1.06 bits per heavy atom. The minimum Gasteiger partial charge on any atom is -0.467 e. The molecule has 1 aromatic heterocycles. The molecule has 1 aliphatic rings. The van der Waals surface area contributed by atoms with Crippen LogP contribution in [0.25, 0.3) is 10.9 Å². The van der Waals surface area contributed by atoms with Gasteiger partial charge in [-0.05, 0) is 37.6 Å². The minimum atomic E-state index is -1.07. The summed E-state index contributed by atoms with van der Waals surface area (Å²) in [5.74, 6) is -1.59. The molecule has 0 fully saturated rings. The van der Waals surface area contributed by atoms with Gasteiger partial charge in [-0.15, -0.1) is 6.58 Å². The number of benzene rings is 2. The first-order valence-corrected chi connectivity index (χ1v) is 10.1. The lowest BCUT2D eigenvalue weighted by molar-refractivity contribution is -0.145. The van der Waals surface area contributed by atoms with Crippen molar-refractivity contribution in [1.29, 1.82) is 0 Å². The first-order valence-electron chi connectivity index (χ1n) is 10.1. The summed E-state index contributed by atoms with van der Waals surface area (Å²) in [6, 6.07) is 13.4. The SMILES string of the molecule is C=CC(C)(C)n1cc(CC(C(=O)OC)N2C(=O)c3ccccc3C2=O)c2ccccc21. The average molecular weight is 416 g/mol. The number of aromatic nitrogens is 1. The van der Waals surface area contributed by atoms with Crippen LogP contribution in [0.15, 0.2) is 67.4 Å². The first-order chi connectivity index (χ1) is 14.8. The Balaban J connectivity index is 1.80. The van der Waals surface area contributed by atoms with E-state index < -0.39 is 23.8 Å². The number of para-hydroxylation sites is 1. The number of methoxy groups -OCH3 is 1. The van der Waals surface area contributed by atoms with Gasteiger partial charge in [0.1, 0.15) is 6.04 Å². The number of rotatable bonds is 6. The van der Waals surface area contributed by atoms with E-state index in [9.17, 15) is 14.4 Å². The van der Waals surface area contributed by atoms with E-state index in [2.05, 4.69) is 11.1 Å². The Kier molecular flexibility index (Phi) is 5.01. The zero-order valence-corrected chi connectivity index (χ0v) is 17.8. The predicted octanol–water partition coefficient (Wildman–Crippen LogP) is 3.94. The van der Waals surface area contributed by atoms with Crippen molar-refractivity contribution in [2.24, 2.45) is 0 Å². The van der Waals surface area contributed by atoms with Crippen molar-refractivity contribution < 1.29 is 19.1 Å². The fourth-order valence-corrected chi connectivity index (χ4v) is 4.10. The maximum Gasteiger partial charge on any atom is 0.329 e. The normalized spacial score (nSPS) is 14.6. The molecule has 6 heteroatoms. The highest BCUT2D eigenvalue weighted by molar-refractivity contribution is 6.22. The van der Waals surface area contributed by atoms with Crippen LogP contribution in [0.2, 0.25) is 0 Å². The second kappa shape index (κ2) is 7.54. The van der Waals surface area contributed by atoms with Crippen LogP contribution in [0.3, 0.4) is 0 Å². The Hall–Kier alpha value is -3.67. The Bertz CT molecular complexity index is 1190. The largest absolute Gasteiger partial charge is 0.467 e. The van der Waals surface area contributed by atoms with Crippen molar-refractivity contribution >= 4 is 28.7 Å². The van der Waals surface area contributed by atoms with Crippen LogP contribution in [-0.2, 0) is 21.5 Å². The molecule has 0 N–H and O–H groups in total. The number of hydrogen-bond acceptors (Lipinski definition) is 4. The van der Waals surface area contributed by atoms with Gasteiger partial charge in [0.05, 0.1) is 23.8 Å². The van der Waals surface area contributed by atoms with Crippen LogP contribution in [0.4, 0.5) is 0 Å². The highest BCUT2D eigenvalue weighted by atomic mass is 16.5. The van der Waals surface area contributed by atoms with Crippen molar-refractivity contribution in [3.63, 3.8) is 0 Å². The van der Waals surface area contributed by atoms with E-state index in [1.807, 2.05) is 50.4 Å². The molecule has 2 heterocycles. The molecule has 6 nitrogen and oxygen atoms in total. The van der Waals surface area contributed by atoms with E-state index in [-0.39, 0.29) is 12.0 Å². The second-order valence-electron chi connectivity index (χ2n) is 8.17. The molecule has 2 amide bonds. The van der Waals surface area contributed by atoms with Gasteiger partial charge >= 0.3 is 5.97 Å². The highest BCUT2D eigenvalue weighted by Gasteiger charge is 2.43. The average Bonchev–Trinajstić information content (AvgIpc) is 3.28. The number of hydrogen-bond donors (Lipinski definition) is 0. The zero-order chi connectivity index (χ0) is 22.3. The van der Waals surface area contributed by atoms with E-state index in [0.717, 1.165) is 21.4 Å². The van der Waals surface area contributed by atoms with Crippen LogP contribution in [0.5, 0.6) is 0 Å². The molecule has 2 aromatic carbocycles. The third kappa shape index (κ3) is 3.24. The van der Waals surface area contributed by atoms with Gasteiger partial charge in [0.15, 0.2) is 0 Å². The van der Waals surface area contributed by atoms with Crippen molar-refractivity contribution in [1.82, 2.24) is 9.47 Å². The number of fused-ring (bicyclic) bond motifs is 2. The summed E-state index contributed by atoms with van der Waals surface area (Å²) >= 11 is 0. The van der Waals surface area contributed by atoms with Crippen LogP contribution in [-0.4, -0.2) is 40.4 Å². The number of carbonyl (C=O) groups excluding carboxylic acids is 3. The van der Waals surface area contributed by atoms with Crippen LogP contribution < -0.4 is 0 Å². The smallest absolute Gasteiger partial charge is 0.329 e. The molecule has 4 rings (SSSR count). The number of esters is 1. The molecule has 0 spiro atoms. The molecule has 31 heavy (non-hydrogen) atoms. The lowest BCUT2D eigenvalue weighted by Gasteiger charge is -2.24. The number of ether oxygens (including phenoxy) is 1. The number of imide groups is 1. The molecular formula is C25H24N2O4. The molecule has 0 radical (unpaired) electrons. The monoisotopic (exact) mass is 416 g/mol. The third-order valence-corrected chi connectivity index (χ3v) is 5.94. The molecule has 0 saturated carbocycles. The number of nitrogens with zero attached hydrogens (tertiary/aromatic N) is 2. The lowest BCUT2D eigenvalue weighted by Crippen LogP contribution is -2.46. The van der Waals surface area contributed by atoms with E-state index in [1.54, 1.807) is 24.3 Å². The summed E-state index contributed by atoms with van der Waals surface area (Å²) in [5, 5.41) is 0.947. The third-order valence-electron chi connectivity index (χ3n) is 5.94. The lowest BCUT2D eigenvalue weighted by atomic mass is 10.0. The van der Waals surface area contributed by atoms with E-state index in [0.29, 0.717) is 11.1 Å². The summed E-state index contributed by atoms with van der Waals surface area (Å²) < 4.78 is 7.08. The Morgan fingerprint density at radius 3 is 2.23 bits per heavy atom. The summed E-state index contributed by atoms with van der Waals surface area (Å²) in [5.41, 5.74) is 2.06. The fourth-order valence-electron chi connectivity index (χ4n) is 4.10. The van der Waals surface area contributed by atoms with Gasteiger partial charge in [-0.3, -0.25) is 14.5 Å².